The number of nitrogens with zero attached hydrogens (tertiary/aromatic N) is 2. The van der Waals surface area contributed by atoms with Crippen molar-refractivity contribution in [3.8, 4) is 0 Å². The van der Waals surface area contributed by atoms with Crippen molar-refractivity contribution in [2.45, 2.75) is 38.3 Å². The van der Waals surface area contributed by atoms with Crippen molar-refractivity contribution in [2.75, 3.05) is 0 Å². The van der Waals surface area contributed by atoms with Crippen LogP contribution in [0.1, 0.15) is 37.4 Å². The second-order valence-electron chi connectivity index (χ2n) is 3.76. The van der Waals surface area contributed by atoms with Crippen LogP contribution >= 0.6 is 0 Å². The summed E-state index contributed by atoms with van der Waals surface area (Å²) in [4.78, 5) is 14.7. The van der Waals surface area contributed by atoms with Crippen LogP contribution in [0.5, 0.6) is 0 Å². The van der Waals surface area contributed by atoms with E-state index >= 15 is 0 Å². The molecule has 1 atom stereocenters. The normalized spacial score (nSPS) is 17.7. The van der Waals surface area contributed by atoms with Crippen LogP contribution < -0.4 is 5.32 Å². The lowest BCUT2D eigenvalue weighted by Crippen LogP contribution is -2.33. The zero-order chi connectivity index (χ0) is 10.8. The second-order valence-corrected chi connectivity index (χ2v) is 3.76. The van der Waals surface area contributed by atoms with Crippen LogP contribution in [0.2, 0.25) is 0 Å². The van der Waals surface area contributed by atoms with Gasteiger partial charge in [0.2, 0.25) is 5.89 Å². The van der Waals surface area contributed by atoms with E-state index in [0.717, 1.165) is 12.8 Å². The highest BCUT2D eigenvalue weighted by Crippen LogP contribution is 2.38. The Morgan fingerprint density at radius 1 is 1.73 bits per heavy atom. The molecule has 1 aliphatic carbocycles. The topological polar surface area (TPSA) is 88.3 Å². The molecule has 1 aliphatic rings. The number of carboxylic acid groups (broad SMARTS) is 1. The highest BCUT2D eigenvalue weighted by molar-refractivity contribution is 5.72. The largest absolute Gasteiger partial charge is 0.480 e. The highest BCUT2D eigenvalue weighted by Gasteiger charge is 2.29. The zero-order valence-corrected chi connectivity index (χ0v) is 8.43. The first-order valence-corrected chi connectivity index (χ1v) is 4.95. The molecule has 2 N–H and O–H groups in total. The quantitative estimate of drug-likeness (QED) is 0.737. The van der Waals surface area contributed by atoms with Gasteiger partial charge in [0, 0.05) is 5.92 Å². The number of carboxylic acids is 1. The Labute approximate surface area is 86.7 Å². The van der Waals surface area contributed by atoms with Gasteiger partial charge in [0.1, 0.15) is 6.04 Å². The molecule has 0 amide bonds. The molecule has 82 valence electrons. The van der Waals surface area contributed by atoms with E-state index in [9.17, 15) is 4.79 Å². The van der Waals surface area contributed by atoms with Crippen molar-refractivity contribution in [1.82, 2.24) is 15.5 Å². The third-order valence-corrected chi connectivity index (χ3v) is 2.35. The number of carbonyl (C=O) groups is 1. The van der Waals surface area contributed by atoms with Gasteiger partial charge in [-0.2, -0.15) is 4.98 Å². The predicted octanol–water partition coefficient (Wildman–Crippen LogP) is 0.510. The van der Waals surface area contributed by atoms with Gasteiger partial charge in [-0.1, -0.05) is 5.16 Å². The Balaban J connectivity index is 1.85. The molecule has 1 aromatic heterocycles. The molecule has 1 heterocycles. The van der Waals surface area contributed by atoms with Gasteiger partial charge in [0.15, 0.2) is 5.82 Å². The van der Waals surface area contributed by atoms with E-state index in [1.807, 2.05) is 0 Å². The standard InChI is InChI=1S/C9H13N3O3/c1-5(9(13)14)10-4-7-11-8(15-12-7)6-2-3-6/h5-6,10H,2-4H2,1H3,(H,13,14). The first kappa shape index (κ1) is 10.1. The molecule has 0 saturated heterocycles. The molecule has 1 aromatic rings. The summed E-state index contributed by atoms with van der Waals surface area (Å²) in [7, 11) is 0. The van der Waals surface area contributed by atoms with Crippen molar-refractivity contribution < 1.29 is 14.4 Å². The first-order chi connectivity index (χ1) is 7.16. The minimum Gasteiger partial charge on any atom is -0.480 e. The minimum atomic E-state index is -0.888. The van der Waals surface area contributed by atoms with Crippen LogP contribution in [0.25, 0.3) is 0 Å². The number of nitrogens with one attached hydrogen (secondary N) is 1. The number of hydrogen-bond acceptors (Lipinski definition) is 5. The summed E-state index contributed by atoms with van der Waals surface area (Å²) >= 11 is 0. The Hall–Kier alpha value is -1.43. The zero-order valence-electron chi connectivity index (χ0n) is 8.43. The summed E-state index contributed by atoms with van der Waals surface area (Å²) < 4.78 is 5.03. The van der Waals surface area contributed by atoms with Crippen LogP contribution in [-0.4, -0.2) is 27.3 Å². The van der Waals surface area contributed by atoms with Gasteiger partial charge in [0.05, 0.1) is 6.54 Å². The van der Waals surface area contributed by atoms with E-state index < -0.39 is 12.0 Å². The number of aliphatic carboxylic acids is 1. The molecule has 1 unspecified atom stereocenters. The van der Waals surface area contributed by atoms with Gasteiger partial charge in [-0.3, -0.25) is 10.1 Å². The van der Waals surface area contributed by atoms with Crippen molar-refractivity contribution in [1.29, 1.82) is 0 Å². The van der Waals surface area contributed by atoms with Crippen LogP contribution in [-0.2, 0) is 11.3 Å². The fraction of sp³-hybridized carbons (Fsp3) is 0.667. The maximum absolute atomic E-state index is 10.5. The van der Waals surface area contributed by atoms with Gasteiger partial charge >= 0.3 is 5.97 Å². The molecule has 15 heavy (non-hydrogen) atoms. The number of rotatable bonds is 5. The molecular formula is C9H13N3O3. The van der Waals surface area contributed by atoms with E-state index in [-0.39, 0.29) is 0 Å². The van der Waals surface area contributed by atoms with E-state index in [1.165, 1.54) is 0 Å². The lowest BCUT2D eigenvalue weighted by molar-refractivity contribution is -0.139. The number of hydrogen-bond donors (Lipinski definition) is 2. The van der Waals surface area contributed by atoms with Gasteiger partial charge in [-0.25, -0.2) is 0 Å². The van der Waals surface area contributed by atoms with Crippen LogP contribution in [0, 0.1) is 0 Å². The lowest BCUT2D eigenvalue weighted by atomic mass is 10.3. The molecule has 0 aromatic carbocycles. The van der Waals surface area contributed by atoms with Crippen molar-refractivity contribution in [3.05, 3.63) is 11.7 Å². The van der Waals surface area contributed by atoms with Crippen LogP contribution in [0.3, 0.4) is 0 Å². The second kappa shape index (κ2) is 3.98. The summed E-state index contributed by atoms with van der Waals surface area (Å²) in [6.07, 6.45) is 2.22. The smallest absolute Gasteiger partial charge is 0.320 e. The molecule has 6 nitrogen and oxygen atoms in total. The molecule has 1 fully saturated rings. The molecule has 6 heteroatoms. The Bertz CT molecular complexity index is 359. The van der Waals surface area contributed by atoms with Gasteiger partial charge in [-0.15, -0.1) is 0 Å². The van der Waals surface area contributed by atoms with Crippen molar-refractivity contribution >= 4 is 5.97 Å². The summed E-state index contributed by atoms with van der Waals surface area (Å²) in [5, 5.41) is 15.2. The SMILES string of the molecule is CC(NCc1noc(C2CC2)n1)C(=O)O. The Morgan fingerprint density at radius 2 is 2.47 bits per heavy atom. The Kier molecular flexibility index (Phi) is 2.68. The van der Waals surface area contributed by atoms with Crippen LogP contribution in [0.15, 0.2) is 4.52 Å². The Morgan fingerprint density at radius 3 is 3.07 bits per heavy atom. The van der Waals surface area contributed by atoms with Gasteiger partial charge in [0.25, 0.3) is 0 Å². The van der Waals surface area contributed by atoms with Crippen LogP contribution in [0.4, 0.5) is 0 Å². The molecule has 0 spiro atoms. The fourth-order valence-electron chi connectivity index (χ4n) is 1.17. The number of aromatic nitrogens is 2. The molecular weight excluding hydrogens is 198 g/mol. The summed E-state index contributed by atoms with van der Waals surface area (Å²) in [6, 6.07) is -0.604. The summed E-state index contributed by atoms with van der Waals surface area (Å²) in [5.41, 5.74) is 0. The fourth-order valence-corrected chi connectivity index (χ4v) is 1.17. The monoisotopic (exact) mass is 211 g/mol. The molecule has 0 aliphatic heterocycles. The van der Waals surface area contributed by atoms with Gasteiger partial charge in [-0.05, 0) is 19.8 Å². The maximum atomic E-state index is 10.5. The minimum absolute atomic E-state index is 0.323. The predicted molar refractivity (Wildman–Crippen MR) is 50.2 cm³/mol. The summed E-state index contributed by atoms with van der Waals surface area (Å²) in [5.74, 6) is 0.740. The maximum Gasteiger partial charge on any atom is 0.320 e. The van der Waals surface area contributed by atoms with E-state index in [4.69, 9.17) is 9.63 Å². The lowest BCUT2D eigenvalue weighted by Gasteiger charge is -2.05. The molecule has 0 bridgehead atoms. The third kappa shape index (κ3) is 2.53. The van der Waals surface area contributed by atoms with Crippen molar-refractivity contribution in [3.63, 3.8) is 0 Å². The molecule has 1 saturated carbocycles. The molecule has 2 rings (SSSR count). The van der Waals surface area contributed by atoms with E-state index in [0.29, 0.717) is 24.2 Å². The highest BCUT2D eigenvalue weighted by atomic mass is 16.5. The molecule has 0 radical (unpaired) electrons. The van der Waals surface area contributed by atoms with E-state index in [2.05, 4.69) is 15.5 Å². The summed E-state index contributed by atoms with van der Waals surface area (Å²) in [6.45, 7) is 1.90. The van der Waals surface area contributed by atoms with Gasteiger partial charge < -0.3 is 9.63 Å². The van der Waals surface area contributed by atoms with Crippen molar-refractivity contribution in [2.24, 2.45) is 0 Å². The third-order valence-electron chi connectivity index (χ3n) is 2.35. The average molecular weight is 211 g/mol. The first-order valence-electron chi connectivity index (χ1n) is 4.95. The van der Waals surface area contributed by atoms with E-state index in [1.54, 1.807) is 6.92 Å². The average Bonchev–Trinajstić information content (AvgIpc) is 2.95.